The molecule has 0 aromatic heterocycles. The molecule has 2 N–H and O–H groups in total. The number of fused-ring (bicyclic) bond motifs is 2. The molecule has 0 atom stereocenters. The van der Waals surface area contributed by atoms with Gasteiger partial charge in [0.25, 0.3) is 5.91 Å². The van der Waals surface area contributed by atoms with Crippen LogP contribution in [0.3, 0.4) is 0 Å². The van der Waals surface area contributed by atoms with Crippen LogP contribution >= 0.6 is 0 Å². The third kappa shape index (κ3) is 4.41. The molecule has 0 aliphatic rings. The maximum atomic E-state index is 12.2. The Bertz CT molecular complexity index is 1220. The van der Waals surface area contributed by atoms with Crippen molar-refractivity contribution in [2.24, 2.45) is 5.10 Å². The maximum absolute atomic E-state index is 12.2. The first-order valence-corrected chi connectivity index (χ1v) is 9.94. The summed E-state index contributed by atoms with van der Waals surface area (Å²) in [5.74, 6) is 0.515. The highest BCUT2D eigenvalue weighted by molar-refractivity contribution is 6.02. The number of hydrogen-bond donors (Lipinski definition) is 2. The van der Waals surface area contributed by atoms with Crippen molar-refractivity contribution in [3.05, 3.63) is 84.4 Å². The van der Waals surface area contributed by atoms with E-state index in [1.165, 1.54) is 0 Å². The van der Waals surface area contributed by atoms with Crippen molar-refractivity contribution in [3.63, 3.8) is 0 Å². The van der Waals surface area contributed by atoms with Crippen LogP contribution in [0.15, 0.2) is 84.0 Å². The predicted molar refractivity (Wildman–Crippen MR) is 123 cm³/mol. The third-order valence-electron chi connectivity index (χ3n) is 4.82. The fourth-order valence-electron chi connectivity index (χ4n) is 3.38. The van der Waals surface area contributed by atoms with E-state index in [4.69, 9.17) is 4.74 Å². The molecule has 0 fully saturated rings. The quantitative estimate of drug-likeness (QED) is 0.342. The van der Waals surface area contributed by atoms with Gasteiger partial charge in [-0.2, -0.15) is 5.10 Å². The Morgan fingerprint density at radius 1 is 0.933 bits per heavy atom. The van der Waals surface area contributed by atoms with Crippen LogP contribution in [0.1, 0.15) is 12.5 Å². The second-order valence-electron chi connectivity index (χ2n) is 6.84. The lowest BCUT2D eigenvalue weighted by atomic mass is 10.0. The van der Waals surface area contributed by atoms with Crippen molar-refractivity contribution >= 4 is 39.4 Å². The summed E-state index contributed by atoms with van der Waals surface area (Å²) in [6, 6.07) is 26.1. The van der Waals surface area contributed by atoms with Crippen LogP contribution in [-0.4, -0.2) is 25.3 Å². The molecular formula is C25H23N3O2. The molecule has 0 radical (unpaired) electrons. The first kappa shape index (κ1) is 19.5. The first-order chi connectivity index (χ1) is 14.7. The number of nitrogens with zero attached hydrogens (tertiary/aromatic N) is 1. The number of hydrogen-bond acceptors (Lipinski definition) is 4. The van der Waals surface area contributed by atoms with E-state index in [1.54, 1.807) is 6.21 Å². The Morgan fingerprint density at radius 3 is 2.50 bits per heavy atom. The van der Waals surface area contributed by atoms with Gasteiger partial charge >= 0.3 is 0 Å². The molecule has 4 aromatic rings. The van der Waals surface area contributed by atoms with E-state index in [0.29, 0.717) is 6.61 Å². The number of hydrazone groups is 1. The van der Waals surface area contributed by atoms with Crippen molar-refractivity contribution < 1.29 is 9.53 Å². The molecule has 4 aromatic carbocycles. The number of amides is 1. The Hall–Kier alpha value is -3.86. The van der Waals surface area contributed by atoms with Crippen molar-refractivity contribution in [3.8, 4) is 5.75 Å². The molecule has 0 saturated carbocycles. The number of nitrogens with one attached hydrogen (secondary N) is 2. The summed E-state index contributed by atoms with van der Waals surface area (Å²) in [6.45, 7) is 2.63. The summed E-state index contributed by atoms with van der Waals surface area (Å²) in [5, 5.41) is 11.7. The lowest BCUT2D eigenvalue weighted by Gasteiger charge is -2.10. The van der Waals surface area contributed by atoms with Crippen molar-refractivity contribution in [1.82, 2.24) is 5.43 Å². The second kappa shape index (κ2) is 9.09. The fraction of sp³-hybridized carbons (Fsp3) is 0.120. The van der Waals surface area contributed by atoms with Crippen LogP contribution in [-0.2, 0) is 4.79 Å². The highest BCUT2D eigenvalue weighted by Gasteiger charge is 2.07. The van der Waals surface area contributed by atoms with Gasteiger partial charge in [0.05, 0.1) is 19.4 Å². The average molecular weight is 397 g/mol. The normalized spacial score (nSPS) is 11.1. The van der Waals surface area contributed by atoms with Crippen molar-refractivity contribution in [1.29, 1.82) is 0 Å². The summed E-state index contributed by atoms with van der Waals surface area (Å²) in [5.41, 5.74) is 4.32. The van der Waals surface area contributed by atoms with Gasteiger partial charge in [-0.1, -0.05) is 60.7 Å². The minimum Gasteiger partial charge on any atom is -0.493 e. The van der Waals surface area contributed by atoms with Gasteiger partial charge in [-0.15, -0.1) is 0 Å². The van der Waals surface area contributed by atoms with Crippen LogP contribution in [0.4, 0.5) is 5.69 Å². The van der Waals surface area contributed by atoms with E-state index < -0.39 is 0 Å². The standard InChI is InChI=1S/C25H23N3O2/c1-2-30-24-14-12-19-8-5-6-10-22(19)23(24)16-27-28-25(29)17-26-21-13-11-18-7-3-4-9-20(18)15-21/h3-16,26H,2,17H2,1H3,(H,28,29)/b27-16-. The molecule has 0 heterocycles. The van der Waals surface area contributed by atoms with Crippen LogP contribution in [0.25, 0.3) is 21.5 Å². The van der Waals surface area contributed by atoms with Crippen LogP contribution in [0.5, 0.6) is 5.75 Å². The van der Waals surface area contributed by atoms with Crippen LogP contribution in [0, 0.1) is 0 Å². The molecule has 150 valence electrons. The molecule has 5 nitrogen and oxygen atoms in total. The summed E-state index contributed by atoms with van der Waals surface area (Å²) in [6.07, 6.45) is 1.64. The van der Waals surface area contributed by atoms with E-state index in [1.807, 2.05) is 79.7 Å². The van der Waals surface area contributed by atoms with E-state index in [-0.39, 0.29) is 12.5 Å². The number of carbonyl (C=O) groups is 1. The van der Waals surface area contributed by atoms with Crippen molar-refractivity contribution in [2.75, 3.05) is 18.5 Å². The SMILES string of the molecule is CCOc1ccc2ccccc2c1/C=N\NC(=O)CNc1ccc2ccccc2c1. The topological polar surface area (TPSA) is 62.7 Å². The molecule has 5 heteroatoms. The number of ether oxygens (including phenoxy) is 1. The molecule has 1 amide bonds. The number of carbonyl (C=O) groups excluding carboxylic acids is 1. The smallest absolute Gasteiger partial charge is 0.259 e. The van der Waals surface area contributed by atoms with Gasteiger partial charge in [0.2, 0.25) is 0 Å². The Morgan fingerprint density at radius 2 is 1.67 bits per heavy atom. The van der Waals surface area contributed by atoms with E-state index in [9.17, 15) is 4.79 Å². The average Bonchev–Trinajstić information content (AvgIpc) is 2.79. The summed E-state index contributed by atoms with van der Waals surface area (Å²) in [7, 11) is 0. The molecule has 0 bridgehead atoms. The van der Waals surface area contributed by atoms with Gasteiger partial charge in [0.15, 0.2) is 0 Å². The molecule has 0 aliphatic heterocycles. The summed E-state index contributed by atoms with van der Waals surface area (Å²) >= 11 is 0. The minimum absolute atomic E-state index is 0.129. The zero-order valence-electron chi connectivity index (χ0n) is 16.8. The van der Waals surface area contributed by atoms with Gasteiger partial charge in [0, 0.05) is 11.3 Å². The molecule has 0 aliphatic carbocycles. The van der Waals surface area contributed by atoms with Gasteiger partial charge in [0.1, 0.15) is 5.75 Å². The molecule has 4 rings (SSSR count). The fourth-order valence-corrected chi connectivity index (χ4v) is 3.38. The van der Waals surface area contributed by atoms with Crippen LogP contribution < -0.4 is 15.5 Å². The lowest BCUT2D eigenvalue weighted by Crippen LogP contribution is -2.25. The monoisotopic (exact) mass is 397 g/mol. The molecule has 0 unspecified atom stereocenters. The minimum atomic E-state index is -0.224. The van der Waals surface area contributed by atoms with Gasteiger partial charge in [-0.25, -0.2) is 5.43 Å². The number of rotatable bonds is 7. The third-order valence-corrected chi connectivity index (χ3v) is 4.82. The Kier molecular flexibility index (Phi) is 5.90. The zero-order chi connectivity index (χ0) is 20.8. The van der Waals surface area contributed by atoms with E-state index >= 15 is 0 Å². The largest absolute Gasteiger partial charge is 0.493 e. The molecule has 0 spiro atoms. The summed E-state index contributed by atoms with van der Waals surface area (Å²) in [4.78, 5) is 12.2. The van der Waals surface area contributed by atoms with E-state index in [0.717, 1.165) is 38.5 Å². The van der Waals surface area contributed by atoms with Gasteiger partial charge in [-0.05, 0) is 46.7 Å². The first-order valence-electron chi connectivity index (χ1n) is 9.94. The van der Waals surface area contributed by atoms with Crippen molar-refractivity contribution in [2.45, 2.75) is 6.92 Å². The molecular weight excluding hydrogens is 374 g/mol. The molecule has 0 saturated heterocycles. The number of benzene rings is 4. The summed E-state index contributed by atoms with van der Waals surface area (Å²) < 4.78 is 5.73. The molecule has 30 heavy (non-hydrogen) atoms. The van der Waals surface area contributed by atoms with Crippen LogP contribution in [0.2, 0.25) is 0 Å². The Labute approximate surface area is 175 Å². The Balaban J connectivity index is 1.42. The second-order valence-corrected chi connectivity index (χ2v) is 6.84. The maximum Gasteiger partial charge on any atom is 0.259 e. The highest BCUT2D eigenvalue weighted by atomic mass is 16.5. The number of anilines is 1. The highest BCUT2D eigenvalue weighted by Crippen LogP contribution is 2.26. The van der Waals surface area contributed by atoms with E-state index in [2.05, 4.69) is 21.9 Å². The van der Waals surface area contributed by atoms with Gasteiger partial charge in [-0.3, -0.25) is 4.79 Å². The van der Waals surface area contributed by atoms with Gasteiger partial charge < -0.3 is 10.1 Å². The zero-order valence-corrected chi connectivity index (χ0v) is 16.8. The lowest BCUT2D eigenvalue weighted by molar-refractivity contribution is -0.119. The predicted octanol–water partition coefficient (Wildman–Crippen LogP) is 4.95.